The molecule has 0 amide bonds. The first-order chi connectivity index (χ1) is 8.26. The molecule has 94 valence electrons. The van der Waals surface area contributed by atoms with E-state index in [4.69, 9.17) is 4.74 Å². The molecule has 1 aromatic rings. The maximum atomic E-state index is 10.3. The molecule has 2 heteroatoms. The molecule has 0 radical (unpaired) electrons. The molecule has 2 nitrogen and oxygen atoms in total. The lowest BCUT2D eigenvalue weighted by atomic mass is 9.97. The van der Waals surface area contributed by atoms with Gasteiger partial charge in [-0.2, -0.15) is 0 Å². The number of hydrogen-bond acceptors (Lipinski definition) is 2. The lowest BCUT2D eigenvalue weighted by Gasteiger charge is -2.22. The molecular weight excluding hydrogens is 212 g/mol. The molecule has 0 heterocycles. The summed E-state index contributed by atoms with van der Waals surface area (Å²) in [4.78, 5) is 0. The van der Waals surface area contributed by atoms with Crippen molar-refractivity contribution in [2.24, 2.45) is 0 Å². The second kappa shape index (κ2) is 5.65. The van der Waals surface area contributed by atoms with E-state index in [1.807, 2.05) is 0 Å². The number of aryl methyl sites for hydroxylation is 2. The van der Waals surface area contributed by atoms with Crippen molar-refractivity contribution >= 4 is 0 Å². The second-order valence-corrected chi connectivity index (χ2v) is 4.89. The topological polar surface area (TPSA) is 29.5 Å². The number of methoxy groups -OCH3 is 1. The van der Waals surface area contributed by atoms with Crippen LogP contribution >= 0.6 is 0 Å². The molecule has 0 fully saturated rings. The van der Waals surface area contributed by atoms with Crippen molar-refractivity contribution in [1.82, 2.24) is 0 Å². The molecule has 0 bridgehead atoms. The van der Waals surface area contributed by atoms with Gasteiger partial charge in [-0.3, -0.25) is 0 Å². The highest BCUT2D eigenvalue weighted by Gasteiger charge is 2.21. The van der Waals surface area contributed by atoms with Gasteiger partial charge >= 0.3 is 0 Å². The van der Waals surface area contributed by atoms with E-state index >= 15 is 0 Å². The molecule has 1 aliphatic carbocycles. The Bertz CT molecular complexity index is 373. The van der Waals surface area contributed by atoms with Crippen LogP contribution in [0.4, 0.5) is 0 Å². The highest BCUT2D eigenvalue weighted by molar-refractivity contribution is 5.36. The third-order valence-electron chi connectivity index (χ3n) is 3.69. The summed E-state index contributed by atoms with van der Waals surface area (Å²) in [5.74, 6) is 0. The Labute approximate surface area is 104 Å². The minimum absolute atomic E-state index is 0.0838. The lowest BCUT2D eigenvalue weighted by Crippen LogP contribution is -2.20. The number of aliphatic hydroxyl groups is 1. The van der Waals surface area contributed by atoms with Gasteiger partial charge in [0.25, 0.3) is 0 Å². The van der Waals surface area contributed by atoms with Crippen molar-refractivity contribution < 1.29 is 9.84 Å². The van der Waals surface area contributed by atoms with E-state index < -0.39 is 6.10 Å². The van der Waals surface area contributed by atoms with Gasteiger partial charge < -0.3 is 9.84 Å². The van der Waals surface area contributed by atoms with Gasteiger partial charge in [-0.15, -0.1) is 0 Å². The Hall–Kier alpha value is -0.860. The zero-order valence-electron chi connectivity index (χ0n) is 10.8. The number of fused-ring (bicyclic) bond motifs is 1. The molecule has 2 atom stereocenters. The molecule has 1 N–H and O–H groups in total. The predicted octanol–water partition coefficient (Wildman–Crippen LogP) is 3.02. The summed E-state index contributed by atoms with van der Waals surface area (Å²) in [7, 11) is 1.68. The number of ether oxygens (including phenoxy) is 1. The Morgan fingerprint density at radius 1 is 1.29 bits per heavy atom. The average Bonchev–Trinajstić information content (AvgIpc) is 2.82. The number of rotatable bonds is 5. The molecule has 0 saturated heterocycles. The molecule has 1 aromatic carbocycles. The van der Waals surface area contributed by atoms with Crippen molar-refractivity contribution in [3.8, 4) is 0 Å². The minimum atomic E-state index is -0.495. The van der Waals surface area contributed by atoms with Crippen LogP contribution in [-0.2, 0) is 17.6 Å². The Morgan fingerprint density at radius 2 is 2.06 bits per heavy atom. The first kappa shape index (κ1) is 12.6. The average molecular weight is 234 g/mol. The fraction of sp³-hybridized carbons (Fsp3) is 0.600. The van der Waals surface area contributed by atoms with E-state index in [2.05, 4.69) is 25.1 Å². The maximum absolute atomic E-state index is 10.3. The van der Waals surface area contributed by atoms with Gasteiger partial charge in [0.05, 0.1) is 6.10 Å². The summed E-state index contributed by atoms with van der Waals surface area (Å²) in [5.41, 5.74) is 3.87. The van der Waals surface area contributed by atoms with Crippen LogP contribution in [0.2, 0.25) is 0 Å². The quantitative estimate of drug-likeness (QED) is 0.848. The molecule has 17 heavy (non-hydrogen) atoms. The Kier molecular flexibility index (Phi) is 4.19. The van der Waals surface area contributed by atoms with Crippen LogP contribution in [0.3, 0.4) is 0 Å². The SMILES string of the molecule is CCCC(OC)C(O)c1ccc2c(c1)CCC2. The van der Waals surface area contributed by atoms with E-state index in [0.717, 1.165) is 24.8 Å². The molecule has 0 saturated carbocycles. The first-order valence-corrected chi connectivity index (χ1v) is 6.58. The van der Waals surface area contributed by atoms with Crippen LogP contribution in [0.25, 0.3) is 0 Å². The minimum Gasteiger partial charge on any atom is -0.386 e. The normalized spacial score (nSPS) is 17.8. The van der Waals surface area contributed by atoms with Crippen molar-refractivity contribution in [1.29, 1.82) is 0 Å². The van der Waals surface area contributed by atoms with Crippen LogP contribution in [0.1, 0.15) is 49.0 Å². The molecule has 2 rings (SSSR count). The van der Waals surface area contributed by atoms with E-state index in [1.165, 1.54) is 24.0 Å². The van der Waals surface area contributed by atoms with Crippen LogP contribution in [0.15, 0.2) is 18.2 Å². The first-order valence-electron chi connectivity index (χ1n) is 6.58. The van der Waals surface area contributed by atoms with Gasteiger partial charge in [0.1, 0.15) is 6.10 Å². The van der Waals surface area contributed by atoms with Gasteiger partial charge in [0, 0.05) is 7.11 Å². The van der Waals surface area contributed by atoms with E-state index in [1.54, 1.807) is 7.11 Å². The third-order valence-corrected chi connectivity index (χ3v) is 3.69. The van der Waals surface area contributed by atoms with Crippen molar-refractivity contribution in [2.75, 3.05) is 7.11 Å². The zero-order chi connectivity index (χ0) is 12.3. The highest BCUT2D eigenvalue weighted by Crippen LogP contribution is 2.28. The van der Waals surface area contributed by atoms with Gasteiger partial charge in [0.2, 0.25) is 0 Å². The summed E-state index contributed by atoms with van der Waals surface area (Å²) in [6, 6.07) is 6.38. The summed E-state index contributed by atoms with van der Waals surface area (Å²) < 4.78 is 5.38. The molecular formula is C15H22O2. The fourth-order valence-corrected chi connectivity index (χ4v) is 2.68. The maximum Gasteiger partial charge on any atom is 0.105 e. The van der Waals surface area contributed by atoms with Crippen molar-refractivity contribution in [3.63, 3.8) is 0 Å². The van der Waals surface area contributed by atoms with Gasteiger partial charge in [-0.25, -0.2) is 0 Å². The predicted molar refractivity (Wildman–Crippen MR) is 69.1 cm³/mol. The molecule has 0 aliphatic heterocycles. The van der Waals surface area contributed by atoms with Crippen molar-refractivity contribution in [3.05, 3.63) is 34.9 Å². The fourth-order valence-electron chi connectivity index (χ4n) is 2.68. The summed E-state index contributed by atoms with van der Waals surface area (Å²) in [6.07, 6.45) is 4.94. The largest absolute Gasteiger partial charge is 0.386 e. The van der Waals surface area contributed by atoms with Gasteiger partial charge in [-0.05, 0) is 42.4 Å². The van der Waals surface area contributed by atoms with Crippen LogP contribution in [0, 0.1) is 0 Å². The van der Waals surface area contributed by atoms with Gasteiger partial charge in [-0.1, -0.05) is 31.5 Å². The third kappa shape index (κ3) is 2.70. The van der Waals surface area contributed by atoms with Crippen LogP contribution in [-0.4, -0.2) is 18.3 Å². The number of benzene rings is 1. The molecule has 1 aliphatic rings. The number of aliphatic hydroxyl groups excluding tert-OH is 1. The van der Waals surface area contributed by atoms with E-state index in [0.29, 0.717) is 0 Å². The van der Waals surface area contributed by atoms with Crippen LogP contribution < -0.4 is 0 Å². The summed E-state index contributed by atoms with van der Waals surface area (Å²) in [5, 5.41) is 10.3. The smallest absolute Gasteiger partial charge is 0.105 e. The Morgan fingerprint density at radius 3 is 2.76 bits per heavy atom. The van der Waals surface area contributed by atoms with E-state index in [-0.39, 0.29) is 6.10 Å². The van der Waals surface area contributed by atoms with E-state index in [9.17, 15) is 5.11 Å². The number of hydrogen-bond donors (Lipinski definition) is 1. The second-order valence-electron chi connectivity index (χ2n) is 4.89. The summed E-state index contributed by atoms with van der Waals surface area (Å²) >= 11 is 0. The molecule has 0 aromatic heterocycles. The van der Waals surface area contributed by atoms with Crippen molar-refractivity contribution in [2.45, 2.75) is 51.2 Å². The highest BCUT2D eigenvalue weighted by atomic mass is 16.5. The molecule has 2 unspecified atom stereocenters. The zero-order valence-corrected chi connectivity index (χ0v) is 10.8. The lowest BCUT2D eigenvalue weighted by molar-refractivity contribution is -0.0180. The van der Waals surface area contributed by atoms with Gasteiger partial charge in [0.15, 0.2) is 0 Å². The molecule has 0 spiro atoms. The standard InChI is InChI=1S/C15H22O2/c1-3-5-14(17-2)15(16)13-9-8-11-6-4-7-12(11)10-13/h8-10,14-16H,3-7H2,1-2H3. The monoisotopic (exact) mass is 234 g/mol. The summed E-state index contributed by atoms with van der Waals surface area (Å²) in [6.45, 7) is 2.11. The van der Waals surface area contributed by atoms with Crippen LogP contribution in [0.5, 0.6) is 0 Å². The Balaban J connectivity index is 2.15.